The zero-order valence-corrected chi connectivity index (χ0v) is 6.25. The smallest absolute Gasteiger partial charge is 0.0239 e. The molecule has 0 radical (unpaired) electrons. The summed E-state index contributed by atoms with van der Waals surface area (Å²) in [5.74, 6) is 0. The standard InChI is InChI=1S/C6H6ClNS/c7-8-9-6-4-2-1-3-5-6/h1-5,8H. The number of benzene rings is 1. The van der Waals surface area contributed by atoms with Crippen molar-refractivity contribution in [3.63, 3.8) is 0 Å². The predicted molar refractivity (Wildman–Crippen MR) is 41.3 cm³/mol. The molecular weight excluding hydrogens is 154 g/mol. The third-order valence-electron chi connectivity index (χ3n) is 0.900. The fourth-order valence-corrected chi connectivity index (χ4v) is 1.18. The van der Waals surface area contributed by atoms with Gasteiger partial charge in [-0.1, -0.05) is 18.2 Å². The molecule has 0 saturated heterocycles. The minimum atomic E-state index is 1.12. The zero-order chi connectivity index (χ0) is 6.53. The molecule has 0 aliphatic rings. The van der Waals surface area contributed by atoms with Gasteiger partial charge < -0.3 is 0 Å². The summed E-state index contributed by atoms with van der Waals surface area (Å²) >= 11 is 6.64. The molecule has 9 heavy (non-hydrogen) atoms. The average molecular weight is 160 g/mol. The molecule has 0 atom stereocenters. The number of hydrogen-bond acceptors (Lipinski definition) is 2. The molecule has 48 valence electrons. The molecule has 0 heterocycles. The molecule has 0 unspecified atom stereocenters. The van der Waals surface area contributed by atoms with E-state index in [-0.39, 0.29) is 0 Å². The lowest BCUT2D eigenvalue weighted by atomic mass is 10.4. The fourth-order valence-electron chi connectivity index (χ4n) is 0.533. The maximum absolute atomic E-state index is 5.25. The SMILES string of the molecule is ClNSc1ccccc1. The van der Waals surface area contributed by atoms with Crippen molar-refractivity contribution in [3.05, 3.63) is 30.3 Å². The molecule has 0 saturated carbocycles. The molecule has 1 N–H and O–H groups in total. The molecule has 0 spiro atoms. The van der Waals surface area contributed by atoms with Crippen molar-refractivity contribution in [2.45, 2.75) is 4.90 Å². The first kappa shape index (κ1) is 6.93. The Hall–Kier alpha value is -0.180. The van der Waals surface area contributed by atoms with Crippen molar-refractivity contribution < 1.29 is 0 Å². The van der Waals surface area contributed by atoms with E-state index < -0.39 is 0 Å². The summed E-state index contributed by atoms with van der Waals surface area (Å²) < 4.78 is 2.47. The Labute approximate surface area is 63.7 Å². The van der Waals surface area contributed by atoms with Gasteiger partial charge in [0.2, 0.25) is 0 Å². The minimum Gasteiger partial charge on any atom is -0.172 e. The summed E-state index contributed by atoms with van der Waals surface area (Å²) in [7, 11) is 0. The average Bonchev–Trinajstić information content (AvgIpc) is 1.91. The first-order chi connectivity index (χ1) is 4.43. The molecule has 0 amide bonds. The predicted octanol–water partition coefficient (Wildman–Crippen LogP) is 2.44. The van der Waals surface area contributed by atoms with Crippen LogP contribution in [0.5, 0.6) is 0 Å². The molecule has 1 rings (SSSR count). The lowest BCUT2D eigenvalue weighted by molar-refractivity contribution is 1.45. The van der Waals surface area contributed by atoms with Gasteiger partial charge in [0.1, 0.15) is 0 Å². The minimum absolute atomic E-state index is 1.12. The van der Waals surface area contributed by atoms with Gasteiger partial charge in [0.15, 0.2) is 0 Å². The summed E-state index contributed by atoms with van der Waals surface area (Å²) in [6.07, 6.45) is 0. The molecule has 0 bridgehead atoms. The second-order valence-corrected chi connectivity index (χ2v) is 2.79. The highest BCUT2D eigenvalue weighted by atomic mass is 35.5. The van der Waals surface area contributed by atoms with Crippen LogP contribution in [0.25, 0.3) is 0 Å². The van der Waals surface area contributed by atoms with E-state index >= 15 is 0 Å². The molecule has 0 fully saturated rings. The van der Waals surface area contributed by atoms with Crippen molar-refractivity contribution in [1.82, 2.24) is 4.24 Å². The Morgan fingerprint density at radius 3 is 2.44 bits per heavy atom. The van der Waals surface area contributed by atoms with Crippen LogP contribution in [-0.4, -0.2) is 0 Å². The van der Waals surface area contributed by atoms with Gasteiger partial charge in [-0.05, 0) is 35.9 Å². The molecule has 0 aromatic heterocycles. The highest BCUT2D eigenvalue weighted by Gasteiger charge is 1.85. The third kappa shape index (κ3) is 2.26. The van der Waals surface area contributed by atoms with E-state index in [4.69, 9.17) is 11.8 Å². The molecule has 1 aromatic carbocycles. The largest absolute Gasteiger partial charge is 0.172 e. The third-order valence-corrected chi connectivity index (χ3v) is 1.72. The monoisotopic (exact) mass is 159 g/mol. The van der Waals surface area contributed by atoms with Crippen LogP contribution in [-0.2, 0) is 0 Å². The van der Waals surface area contributed by atoms with E-state index in [0.29, 0.717) is 0 Å². The summed E-state index contributed by atoms with van der Waals surface area (Å²) in [6.45, 7) is 0. The van der Waals surface area contributed by atoms with E-state index in [1.54, 1.807) is 0 Å². The quantitative estimate of drug-likeness (QED) is 0.526. The van der Waals surface area contributed by atoms with Crippen LogP contribution in [0, 0.1) is 0 Å². The second-order valence-electron chi connectivity index (χ2n) is 1.49. The summed E-state index contributed by atoms with van der Waals surface area (Å²) in [5, 5.41) is 0. The summed E-state index contributed by atoms with van der Waals surface area (Å²) in [4.78, 5) is 1.12. The Kier molecular flexibility index (Phi) is 2.91. The van der Waals surface area contributed by atoms with E-state index in [1.165, 1.54) is 11.9 Å². The van der Waals surface area contributed by atoms with Crippen LogP contribution in [0.3, 0.4) is 0 Å². The molecule has 0 aliphatic carbocycles. The van der Waals surface area contributed by atoms with Crippen LogP contribution in [0.4, 0.5) is 0 Å². The van der Waals surface area contributed by atoms with Gasteiger partial charge in [-0.15, -0.1) is 0 Å². The van der Waals surface area contributed by atoms with E-state index in [9.17, 15) is 0 Å². The zero-order valence-electron chi connectivity index (χ0n) is 4.67. The van der Waals surface area contributed by atoms with Gasteiger partial charge in [-0.25, -0.2) is 0 Å². The molecule has 0 aliphatic heterocycles. The fraction of sp³-hybridized carbons (Fsp3) is 0. The summed E-state index contributed by atoms with van der Waals surface area (Å²) in [5.41, 5.74) is 0. The summed E-state index contributed by atoms with van der Waals surface area (Å²) in [6, 6.07) is 9.88. The highest BCUT2D eigenvalue weighted by molar-refractivity contribution is 7.98. The van der Waals surface area contributed by atoms with E-state index in [1.807, 2.05) is 30.3 Å². The van der Waals surface area contributed by atoms with Gasteiger partial charge in [0.25, 0.3) is 0 Å². The number of halogens is 1. The van der Waals surface area contributed by atoms with Crippen molar-refractivity contribution >= 4 is 23.7 Å². The van der Waals surface area contributed by atoms with Gasteiger partial charge in [-0.2, -0.15) is 4.24 Å². The van der Waals surface area contributed by atoms with E-state index in [2.05, 4.69) is 4.24 Å². The Bertz CT molecular complexity index is 166. The molecule has 1 aromatic rings. The van der Waals surface area contributed by atoms with Crippen molar-refractivity contribution in [2.24, 2.45) is 0 Å². The van der Waals surface area contributed by atoms with Gasteiger partial charge in [-0.3, -0.25) is 0 Å². The van der Waals surface area contributed by atoms with Crippen molar-refractivity contribution in [1.29, 1.82) is 0 Å². The number of hydrogen-bond donors (Lipinski definition) is 1. The van der Waals surface area contributed by atoms with Gasteiger partial charge in [0, 0.05) is 4.90 Å². The van der Waals surface area contributed by atoms with Crippen LogP contribution < -0.4 is 4.24 Å². The Morgan fingerprint density at radius 1 is 1.22 bits per heavy atom. The van der Waals surface area contributed by atoms with Crippen LogP contribution in [0.15, 0.2) is 35.2 Å². The van der Waals surface area contributed by atoms with Crippen molar-refractivity contribution in [2.75, 3.05) is 0 Å². The highest BCUT2D eigenvalue weighted by Crippen LogP contribution is 2.12. The van der Waals surface area contributed by atoms with Gasteiger partial charge >= 0.3 is 0 Å². The maximum Gasteiger partial charge on any atom is 0.0239 e. The first-order valence-electron chi connectivity index (χ1n) is 2.51. The van der Waals surface area contributed by atoms with Crippen molar-refractivity contribution in [3.8, 4) is 0 Å². The lowest BCUT2D eigenvalue weighted by Gasteiger charge is -1.92. The second kappa shape index (κ2) is 3.77. The number of nitrogens with one attached hydrogen (secondary N) is 1. The molecule has 1 nitrogen and oxygen atoms in total. The van der Waals surface area contributed by atoms with Crippen LogP contribution >= 0.6 is 23.7 Å². The first-order valence-corrected chi connectivity index (χ1v) is 3.70. The molecule has 3 heteroatoms. The Balaban J connectivity index is 2.61. The maximum atomic E-state index is 5.25. The van der Waals surface area contributed by atoms with Gasteiger partial charge in [0.05, 0.1) is 0 Å². The number of rotatable bonds is 2. The normalized spacial score (nSPS) is 9.44. The van der Waals surface area contributed by atoms with E-state index in [0.717, 1.165) is 4.90 Å². The van der Waals surface area contributed by atoms with Crippen LogP contribution in [0.2, 0.25) is 0 Å². The van der Waals surface area contributed by atoms with Crippen LogP contribution in [0.1, 0.15) is 0 Å². The molecular formula is C6H6ClNS. The topological polar surface area (TPSA) is 12.0 Å². The lowest BCUT2D eigenvalue weighted by Crippen LogP contribution is -1.79. The Morgan fingerprint density at radius 2 is 1.89 bits per heavy atom.